The molecule has 0 bridgehead atoms. The zero-order valence-electron chi connectivity index (χ0n) is 10.3. The molecule has 4 heteroatoms. The monoisotopic (exact) mass is 236 g/mol. The Kier molecular flexibility index (Phi) is 5.12. The average molecular weight is 236 g/mol. The lowest BCUT2D eigenvalue weighted by Gasteiger charge is -2.13. The third-order valence-corrected chi connectivity index (χ3v) is 2.44. The van der Waals surface area contributed by atoms with Crippen LogP contribution in [0.4, 0.5) is 0 Å². The fraction of sp³-hybridized carbons (Fsp3) is 0.462. The summed E-state index contributed by atoms with van der Waals surface area (Å²) in [6.07, 6.45) is 0.495. The molecular weight excluding hydrogens is 216 g/mol. The van der Waals surface area contributed by atoms with Gasteiger partial charge in [-0.3, -0.25) is 4.79 Å². The minimum Gasteiger partial charge on any atom is -0.396 e. The number of amides is 1. The highest BCUT2D eigenvalue weighted by atomic mass is 16.3. The first-order valence-corrected chi connectivity index (χ1v) is 5.82. The second-order valence-corrected chi connectivity index (χ2v) is 4.37. The van der Waals surface area contributed by atoms with Crippen LogP contribution in [-0.2, 0) is 0 Å². The first-order valence-electron chi connectivity index (χ1n) is 5.82. The number of carbonyl (C=O) groups excluding carboxylic acids is 1. The number of benzene rings is 1. The first-order chi connectivity index (χ1) is 8.04. The molecule has 0 fully saturated rings. The number of hydrogen-bond acceptors (Lipinski definition) is 3. The molecule has 17 heavy (non-hydrogen) atoms. The van der Waals surface area contributed by atoms with E-state index in [4.69, 9.17) is 10.8 Å². The Hall–Kier alpha value is -1.39. The fourth-order valence-electron chi connectivity index (χ4n) is 1.56. The Bertz CT molecular complexity index is 377. The highest BCUT2D eigenvalue weighted by Gasteiger charge is 2.10. The minimum absolute atomic E-state index is 0.0452. The smallest absolute Gasteiger partial charge is 0.251 e. The Morgan fingerprint density at radius 1 is 1.47 bits per heavy atom. The summed E-state index contributed by atoms with van der Waals surface area (Å²) in [5.41, 5.74) is 7.36. The van der Waals surface area contributed by atoms with Gasteiger partial charge in [0.05, 0.1) is 0 Å². The van der Waals surface area contributed by atoms with Crippen molar-refractivity contribution in [1.82, 2.24) is 5.32 Å². The summed E-state index contributed by atoms with van der Waals surface area (Å²) in [6.45, 7) is 3.88. The van der Waals surface area contributed by atoms with Crippen LogP contribution in [0.25, 0.3) is 0 Å². The first kappa shape index (κ1) is 13.7. The van der Waals surface area contributed by atoms with Gasteiger partial charge in [-0.2, -0.15) is 0 Å². The highest BCUT2D eigenvalue weighted by Crippen LogP contribution is 2.15. The van der Waals surface area contributed by atoms with Crippen LogP contribution in [0.2, 0.25) is 0 Å². The quantitative estimate of drug-likeness (QED) is 0.719. The van der Waals surface area contributed by atoms with Crippen LogP contribution in [0.1, 0.15) is 42.2 Å². The number of aliphatic hydroxyl groups is 1. The molecule has 1 amide bonds. The maximum atomic E-state index is 11.8. The summed E-state index contributed by atoms with van der Waals surface area (Å²) in [7, 11) is 0. The van der Waals surface area contributed by atoms with E-state index in [-0.39, 0.29) is 24.6 Å². The maximum Gasteiger partial charge on any atom is 0.251 e. The van der Waals surface area contributed by atoms with Crippen LogP contribution in [0.15, 0.2) is 24.3 Å². The van der Waals surface area contributed by atoms with Crippen molar-refractivity contribution in [2.45, 2.75) is 32.4 Å². The third-order valence-electron chi connectivity index (χ3n) is 2.44. The van der Waals surface area contributed by atoms with Gasteiger partial charge in [0.2, 0.25) is 0 Å². The molecule has 0 aliphatic carbocycles. The summed E-state index contributed by atoms with van der Waals surface area (Å²) in [5.74, 6) is -0.0990. The van der Waals surface area contributed by atoms with Crippen molar-refractivity contribution in [2.75, 3.05) is 6.61 Å². The lowest BCUT2D eigenvalue weighted by molar-refractivity contribution is 0.0943. The predicted molar refractivity (Wildman–Crippen MR) is 67.7 cm³/mol. The van der Waals surface area contributed by atoms with Gasteiger partial charge in [0.1, 0.15) is 0 Å². The van der Waals surface area contributed by atoms with E-state index in [1.165, 1.54) is 0 Å². The molecule has 4 N–H and O–H groups in total. The van der Waals surface area contributed by atoms with Crippen LogP contribution < -0.4 is 11.1 Å². The van der Waals surface area contributed by atoms with Gasteiger partial charge in [-0.1, -0.05) is 12.1 Å². The van der Waals surface area contributed by atoms with Gasteiger partial charge in [-0.25, -0.2) is 0 Å². The zero-order chi connectivity index (χ0) is 12.8. The molecule has 1 atom stereocenters. The van der Waals surface area contributed by atoms with Crippen molar-refractivity contribution in [3.63, 3.8) is 0 Å². The SMILES string of the molecule is CC(C)NC(=O)c1cccc([C@H](N)CCO)c1. The molecule has 0 heterocycles. The standard InChI is InChI=1S/C13H20N2O2/c1-9(2)15-13(17)11-5-3-4-10(8-11)12(14)6-7-16/h3-5,8-9,12,16H,6-7,14H2,1-2H3,(H,15,17)/t12-/m1/s1. The molecule has 1 aromatic carbocycles. The lowest BCUT2D eigenvalue weighted by Crippen LogP contribution is -2.30. The van der Waals surface area contributed by atoms with Gasteiger partial charge in [-0.05, 0) is 38.0 Å². The van der Waals surface area contributed by atoms with E-state index in [9.17, 15) is 4.79 Å². The second kappa shape index (κ2) is 6.37. The van der Waals surface area contributed by atoms with Crippen LogP contribution in [0.5, 0.6) is 0 Å². The Morgan fingerprint density at radius 2 is 2.18 bits per heavy atom. The van der Waals surface area contributed by atoms with Gasteiger partial charge in [-0.15, -0.1) is 0 Å². The fourth-order valence-corrected chi connectivity index (χ4v) is 1.56. The van der Waals surface area contributed by atoms with Crippen LogP contribution in [0.3, 0.4) is 0 Å². The summed E-state index contributed by atoms with van der Waals surface area (Å²) in [6, 6.07) is 7.09. The van der Waals surface area contributed by atoms with E-state index in [0.717, 1.165) is 5.56 Å². The summed E-state index contributed by atoms with van der Waals surface area (Å²) in [4.78, 5) is 11.8. The topological polar surface area (TPSA) is 75.4 Å². The highest BCUT2D eigenvalue weighted by molar-refractivity contribution is 5.94. The van der Waals surface area contributed by atoms with Crippen LogP contribution in [0, 0.1) is 0 Å². The van der Waals surface area contributed by atoms with E-state index in [2.05, 4.69) is 5.32 Å². The van der Waals surface area contributed by atoms with Gasteiger partial charge < -0.3 is 16.2 Å². The van der Waals surface area contributed by atoms with E-state index in [1.807, 2.05) is 26.0 Å². The Balaban J connectivity index is 2.81. The molecule has 94 valence electrons. The average Bonchev–Trinajstić information content (AvgIpc) is 2.28. The number of carbonyl (C=O) groups is 1. The molecule has 0 spiro atoms. The predicted octanol–water partition coefficient (Wildman–Crippen LogP) is 1.21. The van der Waals surface area contributed by atoms with Crippen molar-refractivity contribution >= 4 is 5.91 Å². The zero-order valence-corrected chi connectivity index (χ0v) is 10.3. The molecule has 1 rings (SSSR count). The number of nitrogens with one attached hydrogen (secondary N) is 1. The van der Waals surface area contributed by atoms with Gasteiger partial charge in [0.25, 0.3) is 5.91 Å². The number of nitrogens with two attached hydrogens (primary N) is 1. The molecule has 0 aliphatic rings. The molecule has 0 aromatic heterocycles. The molecule has 0 radical (unpaired) electrons. The lowest BCUT2D eigenvalue weighted by atomic mass is 10.0. The van der Waals surface area contributed by atoms with Crippen molar-refractivity contribution < 1.29 is 9.90 Å². The van der Waals surface area contributed by atoms with E-state index < -0.39 is 0 Å². The Labute approximate surface area is 102 Å². The largest absolute Gasteiger partial charge is 0.396 e. The molecule has 1 aromatic rings. The van der Waals surface area contributed by atoms with Gasteiger partial charge in [0.15, 0.2) is 0 Å². The van der Waals surface area contributed by atoms with Crippen molar-refractivity contribution in [3.8, 4) is 0 Å². The van der Waals surface area contributed by atoms with E-state index in [1.54, 1.807) is 12.1 Å². The van der Waals surface area contributed by atoms with Crippen molar-refractivity contribution in [1.29, 1.82) is 0 Å². The molecule has 0 unspecified atom stereocenters. The Morgan fingerprint density at radius 3 is 2.76 bits per heavy atom. The van der Waals surface area contributed by atoms with Gasteiger partial charge in [0, 0.05) is 24.3 Å². The molecule has 0 aliphatic heterocycles. The van der Waals surface area contributed by atoms with Crippen molar-refractivity contribution in [3.05, 3.63) is 35.4 Å². The molecule has 4 nitrogen and oxygen atoms in total. The number of rotatable bonds is 5. The minimum atomic E-state index is -0.230. The van der Waals surface area contributed by atoms with E-state index in [0.29, 0.717) is 12.0 Å². The van der Waals surface area contributed by atoms with E-state index >= 15 is 0 Å². The number of aliphatic hydroxyl groups excluding tert-OH is 1. The summed E-state index contributed by atoms with van der Waals surface area (Å²) in [5, 5.41) is 11.7. The summed E-state index contributed by atoms with van der Waals surface area (Å²) < 4.78 is 0. The second-order valence-electron chi connectivity index (χ2n) is 4.37. The van der Waals surface area contributed by atoms with Crippen molar-refractivity contribution in [2.24, 2.45) is 5.73 Å². The van der Waals surface area contributed by atoms with Crippen LogP contribution in [-0.4, -0.2) is 23.7 Å². The van der Waals surface area contributed by atoms with Crippen LogP contribution >= 0.6 is 0 Å². The summed E-state index contributed by atoms with van der Waals surface area (Å²) >= 11 is 0. The molecule has 0 saturated heterocycles. The van der Waals surface area contributed by atoms with Gasteiger partial charge >= 0.3 is 0 Å². The number of hydrogen-bond donors (Lipinski definition) is 3. The third kappa shape index (κ3) is 4.17. The molecule has 0 saturated carbocycles. The molecular formula is C13H20N2O2. The maximum absolute atomic E-state index is 11.8. The normalized spacial score (nSPS) is 12.5.